The van der Waals surface area contributed by atoms with Gasteiger partial charge in [-0.1, -0.05) is 17.3 Å². The van der Waals surface area contributed by atoms with Crippen molar-refractivity contribution >= 4 is 10.8 Å². The highest BCUT2D eigenvalue weighted by Gasteiger charge is 2.14. The summed E-state index contributed by atoms with van der Waals surface area (Å²) in [7, 11) is 0. The van der Waals surface area contributed by atoms with Crippen molar-refractivity contribution in [2.75, 3.05) is 0 Å². The number of pyridine rings is 1. The van der Waals surface area contributed by atoms with Crippen molar-refractivity contribution < 1.29 is 0 Å². The summed E-state index contributed by atoms with van der Waals surface area (Å²) in [5.41, 5.74) is 8.65. The van der Waals surface area contributed by atoms with Crippen molar-refractivity contribution in [3.63, 3.8) is 0 Å². The molecule has 0 spiro atoms. The summed E-state index contributed by atoms with van der Waals surface area (Å²) >= 11 is 0. The standard InChI is InChI=1S/C14H15N5/c1-9(15)14-10(2)19(18-17-14)13-5-3-4-11-6-7-16-8-12(11)13/h3-9H,15H2,1-2H3. The largest absolute Gasteiger partial charge is 0.323 e. The van der Waals surface area contributed by atoms with E-state index in [-0.39, 0.29) is 6.04 Å². The van der Waals surface area contributed by atoms with Gasteiger partial charge in [0.05, 0.1) is 11.4 Å². The predicted octanol–water partition coefficient (Wildman–Crippen LogP) is 2.14. The van der Waals surface area contributed by atoms with Crippen LogP contribution in [0.3, 0.4) is 0 Å². The molecule has 0 bridgehead atoms. The van der Waals surface area contributed by atoms with Crippen LogP contribution in [-0.2, 0) is 0 Å². The normalized spacial score (nSPS) is 12.8. The van der Waals surface area contributed by atoms with Crippen LogP contribution in [0.4, 0.5) is 0 Å². The maximum atomic E-state index is 5.89. The zero-order chi connectivity index (χ0) is 13.4. The van der Waals surface area contributed by atoms with Gasteiger partial charge in [-0.05, 0) is 31.4 Å². The van der Waals surface area contributed by atoms with Gasteiger partial charge >= 0.3 is 0 Å². The van der Waals surface area contributed by atoms with Gasteiger partial charge in [0, 0.05) is 23.8 Å². The molecule has 2 N–H and O–H groups in total. The lowest BCUT2D eigenvalue weighted by molar-refractivity contribution is 0.757. The second-order valence-electron chi connectivity index (χ2n) is 4.63. The first-order valence-electron chi connectivity index (χ1n) is 6.19. The van der Waals surface area contributed by atoms with Crippen molar-refractivity contribution in [1.82, 2.24) is 20.0 Å². The Labute approximate surface area is 111 Å². The number of hydrogen-bond donors (Lipinski definition) is 1. The monoisotopic (exact) mass is 253 g/mol. The Morgan fingerprint density at radius 2 is 2.11 bits per heavy atom. The molecule has 3 rings (SSSR count). The Morgan fingerprint density at radius 1 is 1.26 bits per heavy atom. The molecule has 1 atom stereocenters. The predicted molar refractivity (Wildman–Crippen MR) is 74.0 cm³/mol. The number of fused-ring (bicyclic) bond motifs is 1. The fourth-order valence-corrected chi connectivity index (χ4v) is 2.27. The molecular formula is C14H15N5. The third-order valence-corrected chi connectivity index (χ3v) is 3.25. The summed E-state index contributed by atoms with van der Waals surface area (Å²) in [5.74, 6) is 0. The summed E-state index contributed by atoms with van der Waals surface area (Å²) in [4.78, 5) is 4.18. The summed E-state index contributed by atoms with van der Waals surface area (Å²) in [6.45, 7) is 3.89. The van der Waals surface area contributed by atoms with E-state index in [0.717, 1.165) is 27.8 Å². The number of hydrogen-bond acceptors (Lipinski definition) is 4. The van der Waals surface area contributed by atoms with Crippen LogP contribution >= 0.6 is 0 Å². The van der Waals surface area contributed by atoms with E-state index in [9.17, 15) is 0 Å². The minimum absolute atomic E-state index is 0.123. The Bertz CT molecular complexity index is 724. The second kappa shape index (κ2) is 4.44. The van der Waals surface area contributed by atoms with Gasteiger partial charge in [-0.3, -0.25) is 4.98 Å². The summed E-state index contributed by atoms with van der Waals surface area (Å²) in [5, 5.41) is 10.6. The highest BCUT2D eigenvalue weighted by Crippen LogP contribution is 2.23. The van der Waals surface area contributed by atoms with Crippen molar-refractivity contribution in [1.29, 1.82) is 0 Å². The minimum Gasteiger partial charge on any atom is -0.323 e. The van der Waals surface area contributed by atoms with E-state index >= 15 is 0 Å². The fourth-order valence-electron chi connectivity index (χ4n) is 2.27. The molecule has 3 aromatic rings. The molecule has 2 aromatic heterocycles. The molecule has 0 aliphatic rings. The molecule has 1 unspecified atom stereocenters. The zero-order valence-corrected chi connectivity index (χ0v) is 10.9. The highest BCUT2D eigenvalue weighted by atomic mass is 15.4. The van der Waals surface area contributed by atoms with Crippen LogP contribution in [-0.4, -0.2) is 20.0 Å². The number of aromatic nitrogens is 4. The Kier molecular flexibility index (Phi) is 2.76. The zero-order valence-electron chi connectivity index (χ0n) is 10.9. The van der Waals surface area contributed by atoms with Gasteiger partial charge in [-0.25, -0.2) is 4.68 Å². The van der Waals surface area contributed by atoms with E-state index in [1.807, 2.05) is 42.9 Å². The molecule has 0 aliphatic heterocycles. The third kappa shape index (κ3) is 1.88. The average molecular weight is 253 g/mol. The smallest absolute Gasteiger partial charge is 0.102 e. The third-order valence-electron chi connectivity index (χ3n) is 3.25. The van der Waals surface area contributed by atoms with Crippen LogP contribution in [0, 0.1) is 6.92 Å². The topological polar surface area (TPSA) is 69.6 Å². The maximum Gasteiger partial charge on any atom is 0.102 e. The maximum absolute atomic E-state index is 5.89. The molecule has 0 amide bonds. The van der Waals surface area contributed by atoms with E-state index in [2.05, 4.69) is 21.4 Å². The van der Waals surface area contributed by atoms with Crippen LogP contribution in [0.1, 0.15) is 24.4 Å². The van der Waals surface area contributed by atoms with Crippen LogP contribution in [0.5, 0.6) is 0 Å². The molecule has 0 aliphatic carbocycles. The second-order valence-corrected chi connectivity index (χ2v) is 4.63. The molecule has 1 aromatic carbocycles. The molecule has 0 radical (unpaired) electrons. The molecule has 2 heterocycles. The lowest BCUT2D eigenvalue weighted by Crippen LogP contribution is -2.08. The van der Waals surface area contributed by atoms with Crippen molar-refractivity contribution in [3.8, 4) is 5.69 Å². The fraction of sp³-hybridized carbons (Fsp3) is 0.214. The molecule has 19 heavy (non-hydrogen) atoms. The minimum atomic E-state index is -0.123. The summed E-state index contributed by atoms with van der Waals surface area (Å²) in [6, 6.07) is 7.93. The molecule has 5 heteroatoms. The average Bonchev–Trinajstić information content (AvgIpc) is 2.80. The summed E-state index contributed by atoms with van der Waals surface area (Å²) < 4.78 is 1.82. The van der Waals surface area contributed by atoms with E-state index in [4.69, 9.17) is 5.73 Å². The van der Waals surface area contributed by atoms with Crippen molar-refractivity contribution in [2.24, 2.45) is 5.73 Å². The molecule has 0 saturated carbocycles. The van der Waals surface area contributed by atoms with E-state index in [1.165, 1.54) is 0 Å². The SMILES string of the molecule is Cc1c(C(C)N)nnn1-c1cccc2ccncc12. The van der Waals surface area contributed by atoms with Gasteiger partial charge in [-0.15, -0.1) is 5.10 Å². The lowest BCUT2D eigenvalue weighted by Gasteiger charge is -2.08. The van der Waals surface area contributed by atoms with Gasteiger partial charge in [0.1, 0.15) is 5.69 Å². The molecule has 0 fully saturated rings. The first-order valence-corrected chi connectivity index (χ1v) is 6.19. The van der Waals surface area contributed by atoms with Crippen LogP contribution in [0.25, 0.3) is 16.5 Å². The number of nitrogens with zero attached hydrogens (tertiary/aromatic N) is 4. The van der Waals surface area contributed by atoms with Crippen LogP contribution in [0.15, 0.2) is 36.7 Å². The van der Waals surface area contributed by atoms with Gasteiger partial charge < -0.3 is 5.73 Å². The van der Waals surface area contributed by atoms with Gasteiger partial charge in [-0.2, -0.15) is 0 Å². The van der Waals surface area contributed by atoms with Crippen molar-refractivity contribution in [3.05, 3.63) is 48.0 Å². The first-order chi connectivity index (χ1) is 9.18. The van der Waals surface area contributed by atoms with E-state index in [0.29, 0.717) is 0 Å². The Hall–Kier alpha value is -2.27. The number of benzene rings is 1. The van der Waals surface area contributed by atoms with E-state index in [1.54, 1.807) is 6.20 Å². The van der Waals surface area contributed by atoms with Crippen LogP contribution < -0.4 is 5.73 Å². The molecular weight excluding hydrogens is 238 g/mol. The molecule has 96 valence electrons. The van der Waals surface area contributed by atoms with Gasteiger partial charge in [0.2, 0.25) is 0 Å². The molecule has 5 nitrogen and oxygen atoms in total. The van der Waals surface area contributed by atoms with E-state index < -0.39 is 0 Å². The lowest BCUT2D eigenvalue weighted by atomic mass is 10.1. The number of rotatable bonds is 2. The number of nitrogens with two attached hydrogens (primary N) is 1. The Morgan fingerprint density at radius 3 is 2.84 bits per heavy atom. The van der Waals surface area contributed by atoms with Gasteiger partial charge in [0.15, 0.2) is 0 Å². The quantitative estimate of drug-likeness (QED) is 0.759. The van der Waals surface area contributed by atoms with Gasteiger partial charge in [0.25, 0.3) is 0 Å². The van der Waals surface area contributed by atoms with Crippen molar-refractivity contribution in [2.45, 2.75) is 19.9 Å². The first kappa shape index (κ1) is 11.8. The van der Waals surface area contributed by atoms with Crippen LogP contribution in [0.2, 0.25) is 0 Å². The summed E-state index contributed by atoms with van der Waals surface area (Å²) in [6.07, 6.45) is 3.63. The highest BCUT2D eigenvalue weighted by molar-refractivity contribution is 5.89. The Balaban J connectivity index is 2.25. The molecule has 0 saturated heterocycles.